The summed E-state index contributed by atoms with van der Waals surface area (Å²) in [6.45, 7) is 6.99. The largest absolute Gasteiger partial charge is 0.482 e. The summed E-state index contributed by atoms with van der Waals surface area (Å²) in [6, 6.07) is 3.88. The predicted molar refractivity (Wildman–Crippen MR) is 92.6 cm³/mol. The van der Waals surface area contributed by atoms with E-state index < -0.39 is 5.60 Å². The average molecular weight is 346 g/mol. The van der Waals surface area contributed by atoms with Crippen molar-refractivity contribution in [2.24, 2.45) is 5.92 Å². The summed E-state index contributed by atoms with van der Waals surface area (Å²) in [5, 5.41) is 2.93. The molecule has 25 heavy (non-hydrogen) atoms. The Morgan fingerprint density at radius 3 is 3.00 bits per heavy atom. The number of hydrogen-bond donors (Lipinski definition) is 1. The minimum absolute atomic E-state index is 0.0660. The van der Waals surface area contributed by atoms with E-state index in [1.54, 1.807) is 6.26 Å². The van der Waals surface area contributed by atoms with Crippen molar-refractivity contribution in [1.29, 1.82) is 0 Å². The molecule has 0 aliphatic carbocycles. The number of likely N-dealkylation sites (tertiary alicyclic amines) is 1. The van der Waals surface area contributed by atoms with Gasteiger partial charge in [0.05, 0.1) is 12.8 Å². The number of nitrogens with one attached hydrogen (secondary N) is 1. The molecule has 0 spiro atoms. The lowest BCUT2D eigenvalue weighted by molar-refractivity contribution is -0.131. The highest BCUT2D eigenvalue weighted by Gasteiger charge is 2.32. The number of furan rings is 1. The van der Waals surface area contributed by atoms with Gasteiger partial charge < -0.3 is 14.5 Å². The molecule has 1 atom stereocenters. The molecule has 0 bridgehead atoms. The van der Waals surface area contributed by atoms with E-state index in [1.807, 2.05) is 26.0 Å². The van der Waals surface area contributed by atoms with Gasteiger partial charge in [0.1, 0.15) is 11.4 Å². The van der Waals surface area contributed by atoms with Gasteiger partial charge in [-0.1, -0.05) is 0 Å². The van der Waals surface area contributed by atoms with E-state index in [4.69, 9.17) is 9.15 Å². The second-order valence-electron chi connectivity index (χ2n) is 7.55. The number of nitrogens with zero attached hydrogens (tertiary/aromatic N) is 1. The van der Waals surface area contributed by atoms with Crippen molar-refractivity contribution >= 4 is 11.7 Å². The van der Waals surface area contributed by atoms with Crippen LogP contribution in [0.1, 0.15) is 38.9 Å². The molecule has 1 fully saturated rings. The third-order valence-electron chi connectivity index (χ3n) is 4.62. The molecule has 0 unspecified atom stereocenters. The summed E-state index contributed by atoms with van der Waals surface area (Å²) in [4.78, 5) is 26.4. The number of carbonyl (C=O) groups is 2. The predicted octanol–water partition coefficient (Wildman–Crippen LogP) is 2.26. The molecule has 1 amide bonds. The molecule has 1 aromatic heterocycles. The Morgan fingerprint density at radius 2 is 2.28 bits per heavy atom. The average Bonchev–Trinajstić information content (AvgIpc) is 3.04. The van der Waals surface area contributed by atoms with Crippen molar-refractivity contribution < 1.29 is 18.7 Å². The second-order valence-corrected chi connectivity index (χ2v) is 7.55. The first-order valence-corrected chi connectivity index (χ1v) is 8.88. The molecule has 3 rings (SSSR count). The van der Waals surface area contributed by atoms with Gasteiger partial charge in [0.2, 0.25) is 0 Å². The van der Waals surface area contributed by atoms with Crippen LogP contribution in [-0.2, 0) is 20.9 Å². The van der Waals surface area contributed by atoms with Gasteiger partial charge in [0.15, 0.2) is 11.5 Å². The van der Waals surface area contributed by atoms with Crippen LogP contribution in [0.25, 0.3) is 0 Å². The summed E-state index contributed by atoms with van der Waals surface area (Å²) in [7, 11) is 0. The van der Waals surface area contributed by atoms with Gasteiger partial charge in [-0.2, -0.15) is 0 Å². The number of ketones is 1. The number of allylic oxidation sites excluding steroid dienone is 1. The third kappa shape index (κ3) is 4.95. The monoisotopic (exact) mass is 346 g/mol. The van der Waals surface area contributed by atoms with Crippen LogP contribution in [0.4, 0.5) is 0 Å². The zero-order valence-electron chi connectivity index (χ0n) is 14.9. The lowest BCUT2D eigenvalue weighted by atomic mass is 9.97. The van der Waals surface area contributed by atoms with E-state index in [0.29, 0.717) is 18.9 Å². The fourth-order valence-electron chi connectivity index (χ4n) is 3.50. The second kappa shape index (κ2) is 7.44. The highest BCUT2D eigenvalue weighted by molar-refractivity contribution is 6.01. The maximum atomic E-state index is 12.3. The Morgan fingerprint density at radius 1 is 1.44 bits per heavy atom. The standard InChI is InChI=1S/C19H26N2O4/c1-19(2)10-15(22)9-17(25-19)18(23)20-11-14-5-3-7-21(12-14)13-16-6-4-8-24-16/h4,6,8-9,14H,3,5,7,10-13H2,1-2H3,(H,20,23)/t14-/m1/s1. The molecule has 3 heterocycles. The fourth-order valence-corrected chi connectivity index (χ4v) is 3.50. The van der Waals surface area contributed by atoms with Gasteiger partial charge in [-0.05, 0) is 51.3 Å². The highest BCUT2D eigenvalue weighted by atomic mass is 16.5. The first-order chi connectivity index (χ1) is 11.9. The summed E-state index contributed by atoms with van der Waals surface area (Å²) in [5.41, 5.74) is -0.622. The third-order valence-corrected chi connectivity index (χ3v) is 4.62. The summed E-state index contributed by atoms with van der Waals surface area (Å²) >= 11 is 0. The summed E-state index contributed by atoms with van der Waals surface area (Å²) in [5.74, 6) is 1.12. The number of ether oxygens (including phenoxy) is 1. The van der Waals surface area contributed by atoms with Crippen molar-refractivity contribution in [2.75, 3.05) is 19.6 Å². The topological polar surface area (TPSA) is 71.8 Å². The number of piperidine rings is 1. The highest BCUT2D eigenvalue weighted by Crippen LogP contribution is 2.25. The molecule has 2 aliphatic rings. The Bertz CT molecular complexity index is 648. The van der Waals surface area contributed by atoms with Crippen molar-refractivity contribution in [3.63, 3.8) is 0 Å². The van der Waals surface area contributed by atoms with Crippen molar-refractivity contribution in [3.05, 3.63) is 36.0 Å². The molecular formula is C19H26N2O4. The number of rotatable bonds is 5. The smallest absolute Gasteiger partial charge is 0.286 e. The quantitative estimate of drug-likeness (QED) is 0.885. The van der Waals surface area contributed by atoms with Crippen LogP contribution >= 0.6 is 0 Å². The van der Waals surface area contributed by atoms with E-state index in [0.717, 1.165) is 38.2 Å². The lowest BCUT2D eigenvalue weighted by Gasteiger charge is -2.33. The van der Waals surface area contributed by atoms with Gasteiger partial charge in [0, 0.05) is 25.6 Å². The number of carbonyl (C=O) groups excluding carboxylic acids is 2. The van der Waals surface area contributed by atoms with Crippen LogP contribution in [0.15, 0.2) is 34.6 Å². The van der Waals surface area contributed by atoms with E-state index >= 15 is 0 Å². The van der Waals surface area contributed by atoms with Crippen LogP contribution in [-0.4, -0.2) is 41.8 Å². The van der Waals surface area contributed by atoms with E-state index in [-0.39, 0.29) is 17.4 Å². The zero-order chi connectivity index (χ0) is 17.9. The Hall–Kier alpha value is -2.08. The Labute approximate surface area is 148 Å². The molecule has 1 aromatic rings. The zero-order valence-corrected chi connectivity index (χ0v) is 14.9. The SMILES string of the molecule is CC1(C)CC(=O)C=C(C(=O)NC[C@H]2CCCN(Cc3ccco3)C2)O1. The molecule has 6 nitrogen and oxygen atoms in total. The van der Waals surface area contributed by atoms with Gasteiger partial charge in [-0.15, -0.1) is 0 Å². The minimum Gasteiger partial charge on any atom is -0.482 e. The molecule has 1 N–H and O–H groups in total. The lowest BCUT2D eigenvalue weighted by Crippen LogP contribution is -2.42. The van der Waals surface area contributed by atoms with E-state index in [2.05, 4.69) is 10.2 Å². The van der Waals surface area contributed by atoms with Gasteiger partial charge in [-0.3, -0.25) is 14.5 Å². The first kappa shape index (κ1) is 17.7. The molecule has 0 radical (unpaired) electrons. The Balaban J connectivity index is 1.49. The van der Waals surface area contributed by atoms with Crippen LogP contribution in [0.2, 0.25) is 0 Å². The first-order valence-electron chi connectivity index (χ1n) is 8.88. The van der Waals surface area contributed by atoms with Crippen molar-refractivity contribution in [3.8, 4) is 0 Å². The number of hydrogen-bond acceptors (Lipinski definition) is 5. The van der Waals surface area contributed by atoms with Gasteiger partial charge >= 0.3 is 0 Å². The maximum Gasteiger partial charge on any atom is 0.286 e. The van der Waals surface area contributed by atoms with Gasteiger partial charge in [-0.25, -0.2) is 0 Å². The van der Waals surface area contributed by atoms with Crippen LogP contribution < -0.4 is 5.32 Å². The normalized spacial score (nSPS) is 23.7. The molecule has 136 valence electrons. The molecule has 0 saturated carbocycles. The van der Waals surface area contributed by atoms with Crippen LogP contribution in [0.5, 0.6) is 0 Å². The molecule has 0 aromatic carbocycles. The number of amides is 1. The summed E-state index contributed by atoms with van der Waals surface area (Å²) in [6.07, 6.45) is 5.49. The van der Waals surface area contributed by atoms with Crippen molar-refractivity contribution in [2.45, 2.75) is 45.3 Å². The molecule has 2 aliphatic heterocycles. The van der Waals surface area contributed by atoms with Crippen LogP contribution in [0.3, 0.4) is 0 Å². The molecular weight excluding hydrogens is 320 g/mol. The van der Waals surface area contributed by atoms with E-state index in [1.165, 1.54) is 6.08 Å². The maximum absolute atomic E-state index is 12.3. The molecule has 1 saturated heterocycles. The summed E-state index contributed by atoms with van der Waals surface area (Å²) < 4.78 is 11.1. The van der Waals surface area contributed by atoms with Crippen LogP contribution in [0, 0.1) is 5.92 Å². The molecule has 6 heteroatoms. The fraction of sp³-hybridized carbons (Fsp3) is 0.579. The van der Waals surface area contributed by atoms with E-state index in [9.17, 15) is 9.59 Å². The van der Waals surface area contributed by atoms with Gasteiger partial charge in [0.25, 0.3) is 5.91 Å². The van der Waals surface area contributed by atoms with Crippen molar-refractivity contribution in [1.82, 2.24) is 10.2 Å². The Kier molecular flexibility index (Phi) is 5.27. The minimum atomic E-state index is -0.622.